The summed E-state index contributed by atoms with van der Waals surface area (Å²) in [5, 5.41) is 38.1. The number of carboxylic acid groups (broad SMARTS) is 1. The number of aromatic nitrogens is 2. The minimum atomic E-state index is -1.85. The normalized spacial score (nSPS) is 24.5. The molecule has 1 aromatic carbocycles. The first-order valence-electron chi connectivity index (χ1n) is 38.1. The van der Waals surface area contributed by atoms with Gasteiger partial charge in [-0.2, -0.15) is 0 Å². The summed E-state index contributed by atoms with van der Waals surface area (Å²) in [4.78, 5) is 218. The monoisotopic (exact) mass is 1520 g/mol. The highest BCUT2D eigenvalue weighted by atomic mass is 16.4. The van der Waals surface area contributed by atoms with Gasteiger partial charge in [0.1, 0.15) is 66.2 Å². The summed E-state index contributed by atoms with van der Waals surface area (Å²) in [6.45, 7) is 29.7. The van der Waals surface area contributed by atoms with Crippen molar-refractivity contribution in [2.24, 2.45) is 41.4 Å². The number of carboxylic acids is 1. The van der Waals surface area contributed by atoms with E-state index in [1.54, 1.807) is 64.6 Å². The average molecular weight is 1520 g/mol. The number of aromatic amines is 1. The summed E-state index contributed by atoms with van der Waals surface area (Å²) in [6, 6.07) is -8.30. The number of carbonyl (C=O) groups is 14. The zero-order valence-electron chi connectivity index (χ0n) is 67.9. The van der Waals surface area contributed by atoms with Crippen molar-refractivity contribution in [2.75, 3.05) is 88.1 Å². The fraction of sp³-hybridized carbons (Fsp3) is 0.724. The number of imidazole rings is 1. The second kappa shape index (κ2) is 41.7. The summed E-state index contributed by atoms with van der Waals surface area (Å²) >= 11 is 0. The van der Waals surface area contributed by atoms with Crippen LogP contribution in [0.5, 0.6) is 0 Å². The number of fused-ring (bicyclic) bond motifs is 1. The van der Waals surface area contributed by atoms with Crippen LogP contribution in [0.4, 0.5) is 0 Å². The molecule has 4 rings (SSSR count). The maximum absolute atomic E-state index is 15.3. The minimum Gasteiger partial charge on any atom is -0.481 e. The van der Waals surface area contributed by atoms with Gasteiger partial charge in [-0.1, -0.05) is 96.9 Å². The topological polar surface area (TPSA) is 406 Å². The zero-order chi connectivity index (χ0) is 81.8. The fourth-order valence-corrected chi connectivity index (χ4v) is 13.6. The zero-order valence-corrected chi connectivity index (χ0v) is 67.9. The largest absolute Gasteiger partial charge is 0.481 e. The molecule has 2 aromatic rings. The Morgan fingerprint density at radius 1 is 0.546 bits per heavy atom. The van der Waals surface area contributed by atoms with Gasteiger partial charge in [0.05, 0.1) is 30.1 Å². The van der Waals surface area contributed by atoms with Crippen molar-refractivity contribution in [1.82, 2.24) is 81.1 Å². The molecular weight excluding hydrogens is 1390 g/mol. The number of aliphatic hydroxyl groups is 1. The van der Waals surface area contributed by atoms with E-state index in [0.717, 1.165) is 4.90 Å². The van der Waals surface area contributed by atoms with Gasteiger partial charge in [-0.25, -0.2) is 4.98 Å². The highest BCUT2D eigenvalue weighted by Gasteiger charge is 2.44. The lowest BCUT2D eigenvalue weighted by Gasteiger charge is -2.40. The number of aliphatic carboxylic acids is 1. The highest BCUT2D eigenvalue weighted by Crippen LogP contribution is 2.25. The van der Waals surface area contributed by atoms with Crippen LogP contribution in [0.2, 0.25) is 0 Å². The summed E-state index contributed by atoms with van der Waals surface area (Å²) in [5.74, 6) is -12.4. The maximum atomic E-state index is 15.3. The molecule has 2 saturated heterocycles. The molecule has 606 valence electrons. The lowest BCUT2D eigenvalue weighted by Crippen LogP contribution is -2.63. The number of nitrogens with zero attached hydrogens (tertiary/aromatic N) is 9. The third-order valence-electron chi connectivity index (χ3n) is 20.2. The van der Waals surface area contributed by atoms with Crippen LogP contribution in [0.1, 0.15) is 172 Å². The van der Waals surface area contributed by atoms with Crippen molar-refractivity contribution in [3.63, 3.8) is 0 Å². The number of H-pyrrole nitrogens is 1. The Labute approximate surface area is 637 Å². The molecule has 2 aliphatic heterocycles. The van der Waals surface area contributed by atoms with Crippen LogP contribution in [0.3, 0.4) is 0 Å². The number of nitrogens with one attached hydrogen (secondary N) is 7. The number of benzene rings is 1. The number of hydrogen-bond donors (Lipinski definition) is 9. The third kappa shape index (κ3) is 25.7. The van der Waals surface area contributed by atoms with E-state index in [-0.39, 0.29) is 86.9 Å². The third-order valence-corrected chi connectivity index (χ3v) is 20.2. The van der Waals surface area contributed by atoms with Crippen molar-refractivity contribution in [3.05, 3.63) is 29.6 Å². The Kier molecular flexibility index (Phi) is 35.3. The number of carbonyl (C=O) groups excluding carboxylic acids is 13. The first-order valence-corrected chi connectivity index (χ1v) is 38.1. The molecule has 32 heteroatoms. The van der Waals surface area contributed by atoms with Gasteiger partial charge in [-0.05, 0) is 106 Å². The van der Waals surface area contributed by atoms with Gasteiger partial charge >= 0.3 is 5.97 Å². The lowest BCUT2D eigenvalue weighted by molar-refractivity contribution is -0.154. The van der Waals surface area contributed by atoms with Crippen molar-refractivity contribution in [2.45, 2.75) is 229 Å². The van der Waals surface area contributed by atoms with Crippen molar-refractivity contribution in [3.8, 4) is 0 Å². The van der Waals surface area contributed by atoms with E-state index >= 15 is 19.2 Å². The van der Waals surface area contributed by atoms with E-state index in [1.807, 2.05) is 55.4 Å². The predicted octanol–water partition coefficient (Wildman–Crippen LogP) is 1.82. The smallest absolute Gasteiger partial charge is 0.303 e. The van der Waals surface area contributed by atoms with E-state index in [9.17, 15) is 53.1 Å². The summed E-state index contributed by atoms with van der Waals surface area (Å²) < 4.78 is 0. The Bertz CT molecular complexity index is 3480. The van der Waals surface area contributed by atoms with Crippen LogP contribution in [0, 0.1) is 41.4 Å². The first-order chi connectivity index (χ1) is 50.3. The van der Waals surface area contributed by atoms with Gasteiger partial charge in [0.25, 0.3) is 5.91 Å². The maximum Gasteiger partial charge on any atom is 0.303 e. The Morgan fingerprint density at radius 3 is 1.57 bits per heavy atom. The number of hydrogen-bond acceptors (Lipinski definition) is 17. The number of piperazine rings is 1. The van der Waals surface area contributed by atoms with E-state index in [1.165, 1.54) is 80.6 Å². The molecule has 12 atom stereocenters. The van der Waals surface area contributed by atoms with E-state index in [2.05, 4.69) is 41.8 Å². The highest BCUT2D eigenvalue weighted by molar-refractivity contribution is 6.00. The number of rotatable bonds is 22. The molecule has 0 unspecified atom stereocenters. The van der Waals surface area contributed by atoms with Crippen LogP contribution in [0.25, 0.3) is 11.0 Å². The SMILES string of the molecule is CC[C@@H]1NC(=O)[C@H]([C@H](O)[C@H](C)Cc2nc3ccc(C(=O)NCCN4CCN(C(=O)CCC(=O)O)CC4)cc3[nH]2)NC(=O)[C@H](C(C)C)N(C)C(=O)[C@H](CC(C)C)N(C)C(=O)[C@H](CC(C)C)N(C)C(=O)[C@@H](C)NC(=O)[C@H](C)NC(=O)[C@H](CC(C)C)N(C)C(=O)[C@H](C(C)C)NC(=O)[C@H](CC(C)C)N(C)C(=O)CN(C)C1=O. The van der Waals surface area contributed by atoms with Crippen molar-refractivity contribution >= 4 is 93.8 Å². The quantitative estimate of drug-likeness (QED) is 0.0812. The molecule has 32 nitrogen and oxygen atoms in total. The number of likely N-dealkylation sites (N-methyl/N-ethyl adjacent to an activating group) is 6. The van der Waals surface area contributed by atoms with Gasteiger partial charge < -0.3 is 81.4 Å². The molecule has 3 heterocycles. The Hall–Kier alpha value is -8.81. The van der Waals surface area contributed by atoms with E-state index in [0.29, 0.717) is 61.7 Å². The van der Waals surface area contributed by atoms with Crippen molar-refractivity contribution < 1.29 is 77.3 Å². The summed E-state index contributed by atoms with van der Waals surface area (Å²) in [7, 11) is 8.38. The van der Waals surface area contributed by atoms with Gasteiger partial charge in [0, 0.05) is 100.0 Å². The van der Waals surface area contributed by atoms with Crippen LogP contribution in [-0.4, -0.2) is 297 Å². The second-order valence-corrected chi connectivity index (χ2v) is 31.9. The fourth-order valence-electron chi connectivity index (χ4n) is 13.6. The van der Waals surface area contributed by atoms with Crippen LogP contribution < -0.4 is 31.9 Å². The molecular formula is C76H126N16O16. The Morgan fingerprint density at radius 2 is 1.05 bits per heavy atom. The standard InChI is InChI=1S/C76H126N16O16/c1-23-51-73(105)85(17)40-60(94)86(18)54(34-41(2)3)69(101)83-62(45(10)11)76(108)87(19)55(35-42(4)5)68(100)78-48(15)66(98)79-49(16)72(104)88(20)56(36-43(6)7)74(106)89(21)57(37-44(8)9)75(107)90(22)64(46(12)13)71(103)84-63(70(102)82-51)65(97)47(14)38-58-80-52-25-24-50(39-53(52)81-58)67(99)77-28-29-91-30-32-92(33-31-91)59(93)26-27-61(95)96/h24-25,39,41-49,51,54-57,62-65,97H,23,26-38,40H2,1-22H3,(H,77,99)(H,78,100)(H,79,98)(H,80,81)(H,82,102)(H,83,101)(H,84,103)(H,95,96)/t47-,48+,49-,51+,54+,55+,56+,57+,62+,63+,64+,65-/m1/s1. The molecule has 0 spiro atoms. The lowest BCUT2D eigenvalue weighted by atomic mass is 9.92. The molecule has 13 amide bonds. The molecule has 0 aliphatic carbocycles. The van der Waals surface area contributed by atoms with Crippen LogP contribution >= 0.6 is 0 Å². The van der Waals surface area contributed by atoms with Gasteiger partial charge in [0.15, 0.2) is 0 Å². The molecule has 2 aliphatic rings. The number of aliphatic hydroxyl groups excluding tert-OH is 1. The van der Waals surface area contributed by atoms with E-state index < -0.39 is 162 Å². The molecule has 108 heavy (non-hydrogen) atoms. The van der Waals surface area contributed by atoms with Gasteiger partial charge in [0.2, 0.25) is 70.9 Å². The summed E-state index contributed by atoms with van der Waals surface area (Å²) in [5.41, 5.74) is 1.25. The predicted molar refractivity (Wildman–Crippen MR) is 406 cm³/mol. The molecule has 9 N–H and O–H groups in total. The molecule has 1 aromatic heterocycles. The number of amides is 13. The average Bonchev–Trinajstić information content (AvgIpc) is 1.32. The van der Waals surface area contributed by atoms with Crippen LogP contribution in [-0.2, 0) is 68.7 Å². The van der Waals surface area contributed by atoms with E-state index in [4.69, 9.17) is 10.1 Å². The summed E-state index contributed by atoms with van der Waals surface area (Å²) in [6.07, 6.45) is -1.73. The molecule has 0 bridgehead atoms. The van der Waals surface area contributed by atoms with Gasteiger partial charge in [-0.15, -0.1) is 0 Å². The second-order valence-electron chi connectivity index (χ2n) is 31.9. The van der Waals surface area contributed by atoms with Gasteiger partial charge in [-0.3, -0.25) is 72.0 Å². The first kappa shape index (κ1) is 91.6. The van der Waals surface area contributed by atoms with Crippen LogP contribution in [0.15, 0.2) is 18.2 Å². The molecule has 0 saturated carbocycles. The Balaban J connectivity index is 1.81. The molecule has 0 radical (unpaired) electrons. The minimum absolute atomic E-state index is 0.0445. The van der Waals surface area contributed by atoms with Crippen molar-refractivity contribution in [1.29, 1.82) is 0 Å². The molecule has 2 fully saturated rings.